The standard InChI is InChI=1S/C23H27ClN2OS/c1-3-17(2)8-6-7-15-26-22(27)20-9-4-5-10-21(20)25-23(26)28-16-18-11-13-19(24)14-12-18/h4-5,9-14,17H,3,6-8,15-16H2,1-2H3. The van der Waals surface area contributed by atoms with Gasteiger partial charge in [0.25, 0.3) is 5.56 Å². The smallest absolute Gasteiger partial charge is 0.262 e. The summed E-state index contributed by atoms with van der Waals surface area (Å²) in [4.78, 5) is 17.9. The van der Waals surface area contributed by atoms with Gasteiger partial charge in [-0.15, -0.1) is 0 Å². The molecule has 0 aliphatic heterocycles. The van der Waals surface area contributed by atoms with E-state index in [4.69, 9.17) is 16.6 Å². The average molecular weight is 415 g/mol. The Hall–Kier alpha value is -1.78. The van der Waals surface area contributed by atoms with Crippen LogP contribution in [0.3, 0.4) is 0 Å². The Balaban J connectivity index is 1.81. The van der Waals surface area contributed by atoms with Crippen molar-refractivity contribution in [3.05, 3.63) is 69.5 Å². The zero-order chi connectivity index (χ0) is 19.9. The molecule has 0 N–H and O–H groups in total. The maximum absolute atomic E-state index is 13.1. The fourth-order valence-electron chi connectivity index (χ4n) is 3.15. The van der Waals surface area contributed by atoms with E-state index < -0.39 is 0 Å². The molecule has 0 aliphatic carbocycles. The summed E-state index contributed by atoms with van der Waals surface area (Å²) in [5, 5.41) is 2.22. The van der Waals surface area contributed by atoms with E-state index in [0.29, 0.717) is 5.39 Å². The van der Waals surface area contributed by atoms with Crippen molar-refractivity contribution in [2.24, 2.45) is 5.92 Å². The molecule has 3 rings (SSSR count). The van der Waals surface area contributed by atoms with Crippen molar-refractivity contribution in [2.75, 3.05) is 0 Å². The number of aromatic nitrogens is 2. The van der Waals surface area contributed by atoms with E-state index in [2.05, 4.69) is 13.8 Å². The molecule has 0 fully saturated rings. The highest BCUT2D eigenvalue weighted by atomic mass is 35.5. The lowest BCUT2D eigenvalue weighted by atomic mass is 10.0. The highest BCUT2D eigenvalue weighted by Gasteiger charge is 2.12. The molecule has 5 heteroatoms. The summed E-state index contributed by atoms with van der Waals surface area (Å²) in [6.07, 6.45) is 4.55. The number of fused-ring (bicyclic) bond motifs is 1. The Labute approximate surface area is 176 Å². The van der Waals surface area contributed by atoms with E-state index in [1.165, 1.54) is 18.4 Å². The maximum atomic E-state index is 13.1. The molecule has 2 aromatic carbocycles. The SMILES string of the molecule is CCC(C)CCCCn1c(SCc2ccc(Cl)cc2)nc2ccccc2c1=O. The van der Waals surface area contributed by atoms with Crippen LogP contribution in [0.25, 0.3) is 10.9 Å². The quantitative estimate of drug-likeness (QED) is 0.226. The maximum Gasteiger partial charge on any atom is 0.262 e. The summed E-state index contributed by atoms with van der Waals surface area (Å²) in [5.74, 6) is 1.50. The molecule has 3 nitrogen and oxygen atoms in total. The average Bonchev–Trinajstić information content (AvgIpc) is 2.72. The second-order valence-electron chi connectivity index (χ2n) is 7.29. The van der Waals surface area contributed by atoms with Gasteiger partial charge in [-0.25, -0.2) is 4.98 Å². The zero-order valence-corrected chi connectivity index (χ0v) is 18.1. The van der Waals surface area contributed by atoms with Crippen LogP contribution >= 0.6 is 23.4 Å². The summed E-state index contributed by atoms with van der Waals surface area (Å²) in [6, 6.07) is 15.4. The molecular weight excluding hydrogens is 388 g/mol. The van der Waals surface area contributed by atoms with Gasteiger partial charge < -0.3 is 0 Å². The van der Waals surface area contributed by atoms with Crippen LogP contribution in [0.15, 0.2) is 58.5 Å². The third kappa shape index (κ3) is 5.39. The van der Waals surface area contributed by atoms with Crippen LogP contribution < -0.4 is 5.56 Å². The van der Waals surface area contributed by atoms with Gasteiger partial charge in [-0.1, -0.05) is 80.7 Å². The van der Waals surface area contributed by atoms with E-state index in [1.807, 2.05) is 53.1 Å². The van der Waals surface area contributed by atoms with E-state index in [-0.39, 0.29) is 5.56 Å². The van der Waals surface area contributed by atoms with Crippen LogP contribution in [-0.4, -0.2) is 9.55 Å². The largest absolute Gasteiger partial charge is 0.287 e. The van der Waals surface area contributed by atoms with Gasteiger partial charge in [0, 0.05) is 17.3 Å². The van der Waals surface area contributed by atoms with Crippen LogP contribution in [-0.2, 0) is 12.3 Å². The Morgan fingerprint density at radius 1 is 1.11 bits per heavy atom. The van der Waals surface area contributed by atoms with Crippen LogP contribution in [0, 0.1) is 5.92 Å². The molecule has 0 saturated heterocycles. The molecular formula is C23H27ClN2OS. The Bertz CT molecular complexity index is 968. The van der Waals surface area contributed by atoms with E-state index in [9.17, 15) is 4.79 Å². The van der Waals surface area contributed by atoms with Gasteiger partial charge in [0.2, 0.25) is 0 Å². The minimum Gasteiger partial charge on any atom is -0.287 e. The molecule has 0 spiro atoms. The van der Waals surface area contributed by atoms with E-state index in [1.54, 1.807) is 11.8 Å². The van der Waals surface area contributed by atoms with Crippen LogP contribution in [0.4, 0.5) is 0 Å². The van der Waals surface area contributed by atoms with Crippen molar-refractivity contribution in [1.29, 1.82) is 0 Å². The molecule has 0 bridgehead atoms. The number of thioether (sulfide) groups is 1. The van der Waals surface area contributed by atoms with Gasteiger partial charge in [-0.05, 0) is 42.2 Å². The van der Waals surface area contributed by atoms with Gasteiger partial charge >= 0.3 is 0 Å². The molecule has 148 valence electrons. The number of benzene rings is 2. The third-order valence-electron chi connectivity index (χ3n) is 5.13. The predicted molar refractivity (Wildman–Crippen MR) is 120 cm³/mol. The van der Waals surface area contributed by atoms with Gasteiger partial charge in [0.15, 0.2) is 5.16 Å². The molecule has 0 saturated carbocycles. The molecule has 3 aromatic rings. The van der Waals surface area contributed by atoms with Crippen molar-refractivity contribution in [2.45, 2.75) is 57.0 Å². The summed E-state index contributed by atoms with van der Waals surface area (Å²) >= 11 is 7.59. The molecule has 28 heavy (non-hydrogen) atoms. The van der Waals surface area contributed by atoms with Crippen molar-refractivity contribution in [3.8, 4) is 0 Å². The molecule has 0 radical (unpaired) electrons. The molecule has 1 unspecified atom stereocenters. The lowest BCUT2D eigenvalue weighted by molar-refractivity contribution is 0.456. The summed E-state index contributed by atoms with van der Waals surface area (Å²) in [6.45, 7) is 5.24. The number of rotatable bonds is 9. The number of nitrogens with zero attached hydrogens (tertiary/aromatic N) is 2. The highest BCUT2D eigenvalue weighted by molar-refractivity contribution is 7.98. The Morgan fingerprint density at radius 2 is 1.86 bits per heavy atom. The molecule has 1 atom stereocenters. The summed E-state index contributed by atoms with van der Waals surface area (Å²) in [7, 11) is 0. The normalized spacial score (nSPS) is 12.4. The van der Waals surface area contributed by atoms with Crippen molar-refractivity contribution in [1.82, 2.24) is 9.55 Å². The summed E-state index contributed by atoms with van der Waals surface area (Å²) < 4.78 is 1.86. The molecule has 0 amide bonds. The zero-order valence-electron chi connectivity index (χ0n) is 16.5. The first-order valence-electron chi connectivity index (χ1n) is 9.95. The third-order valence-corrected chi connectivity index (χ3v) is 6.43. The Kier molecular flexibility index (Phi) is 7.57. The molecule has 0 aliphatic rings. The predicted octanol–water partition coefficient (Wildman–Crippen LogP) is 6.56. The van der Waals surface area contributed by atoms with Crippen molar-refractivity contribution < 1.29 is 0 Å². The van der Waals surface area contributed by atoms with Crippen LogP contribution in [0.5, 0.6) is 0 Å². The van der Waals surface area contributed by atoms with Crippen molar-refractivity contribution >= 4 is 34.3 Å². The lowest BCUT2D eigenvalue weighted by Gasteiger charge is -2.14. The number of hydrogen-bond acceptors (Lipinski definition) is 3. The number of hydrogen-bond donors (Lipinski definition) is 0. The van der Waals surface area contributed by atoms with Crippen LogP contribution in [0.2, 0.25) is 5.02 Å². The van der Waals surface area contributed by atoms with Crippen LogP contribution in [0.1, 0.15) is 45.1 Å². The fraction of sp³-hybridized carbons (Fsp3) is 0.391. The second-order valence-corrected chi connectivity index (χ2v) is 8.67. The first kappa shape index (κ1) is 20.9. The van der Waals surface area contributed by atoms with E-state index >= 15 is 0 Å². The highest BCUT2D eigenvalue weighted by Crippen LogP contribution is 2.23. The molecule has 1 heterocycles. The number of para-hydroxylation sites is 1. The van der Waals surface area contributed by atoms with Crippen molar-refractivity contribution in [3.63, 3.8) is 0 Å². The second kappa shape index (κ2) is 10.1. The first-order chi connectivity index (χ1) is 13.6. The summed E-state index contributed by atoms with van der Waals surface area (Å²) in [5.41, 5.74) is 2.00. The monoisotopic (exact) mass is 414 g/mol. The number of halogens is 1. The minimum absolute atomic E-state index is 0.0627. The van der Waals surface area contributed by atoms with Gasteiger partial charge in [0.1, 0.15) is 0 Å². The lowest BCUT2D eigenvalue weighted by Crippen LogP contribution is -2.23. The topological polar surface area (TPSA) is 34.9 Å². The Morgan fingerprint density at radius 3 is 2.61 bits per heavy atom. The van der Waals surface area contributed by atoms with Gasteiger partial charge in [-0.3, -0.25) is 9.36 Å². The van der Waals surface area contributed by atoms with E-state index in [0.717, 1.165) is 46.8 Å². The first-order valence-corrected chi connectivity index (χ1v) is 11.3. The van der Waals surface area contributed by atoms with Gasteiger partial charge in [-0.2, -0.15) is 0 Å². The fourth-order valence-corrected chi connectivity index (χ4v) is 4.26. The number of unbranched alkanes of at least 4 members (excludes halogenated alkanes) is 1. The van der Waals surface area contributed by atoms with Gasteiger partial charge in [0.05, 0.1) is 10.9 Å². The minimum atomic E-state index is 0.0627. The molecule has 1 aromatic heterocycles.